The minimum absolute atomic E-state index is 0.196. The quantitative estimate of drug-likeness (QED) is 0.755. The lowest BCUT2D eigenvalue weighted by Crippen LogP contribution is -2.39. The first kappa shape index (κ1) is 10.0. The van der Waals surface area contributed by atoms with E-state index in [2.05, 4.69) is 13.0 Å². The largest absolute Gasteiger partial charge is 0.321 e. The van der Waals surface area contributed by atoms with E-state index in [1.165, 1.54) is 12.8 Å². The molecule has 2 rings (SSSR count). The van der Waals surface area contributed by atoms with Crippen LogP contribution < -0.4 is 5.73 Å². The van der Waals surface area contributed by atoms with Gasteiger partial charge in [0, 0.05) is 10.6 Å². The Morgan fingerprint density at radius 1 is 1.43 bits per heavy atom. The maximum absolute atomic E-state index is 6.44. The number of nitrogens with two attached hydrogens (primary N) is 1. The van der Waals surface area contributed by atoms with Crippen molar-refractivity contribution in [1.29, 1.82) is 0 Å². The van der Waals surface area contributed by atoms with E-state index < -0.39 is 0 Å². The van der Waals surface area contributed by atoms with Gasteiger partial charge < -0.3 is 5.73 Å². The molecular weight excluding hydrogens is 194 g/mol. The summed E-state index contributed by atoms with van der Waals surface area (Å²) < 4.78 is 0. The van der Waals surface area contributed by atoms with Crippen molar-refractivity contribution in [3.63, 3.8) is 0 Å². The predicted molar refractivity (Wildman–Crippen MR) is 60.3 cm³/mol. The van der Waals surface area contributed by atoms with E-state index in [-0.39, 0.29) is 5.54 Å². The highest BCUT2D eigenvalue weighted by atomic mass is 35.5. The van der Waals surface area contributed by atoms with Gasteiger partial charge in [-0.1, -0.05) is 43.1 Å². The minimum Gasteiger partial charge on any atom is -0.321 e. The summed E-state index contributed by atoms with van der Waals surface area (Å²) in [5.41, 5.74) is 7.36. The van der Waals surface area contributed by atoms with Crippen LogP contribution >= 0.6 is 11.6 Å². The van der Waals surface area contributed by atoms with Crippen molar-refractivity contribution in [1.82, 2.24) is 0 Å². The van der Waals surface area contributed by atoms with Gasteiger partial charge in [0.15, 0.2) is 0 Å². The average Bonchev–Trinajstić information content (AvgIpc) is 2.49. The van der Waals surface area contributed by atoms with Crippen LogP contribution in [-0.4, -0.2) is 0 Å². The average molecular weight is 210 g/mol. The number of benzene rings is 1. The Bertz CT molecular complexity index is 337. The van der Waals surface area contributed by atoms with Crippen LogP contribution in [0.4, 0.5) is 0 Å². The topological polar surface area (TPSA) is 26.0 Å². The molecular formula is C12H16ClN. The molecule has 0 aliphatic heterocycles. The molecule has 76 valence electrons. The van der Waals surface area contributed by atoms with Crippen LogP contribution in [-0.2, 0) is 5.54 Å². The third-order valence-electron chi connectivity index (χ3n) is 3.48. The molecule has 1 aromatic rings. The van der Waals surface area contributed by atoms with Crippen molar-refractivity contribution < 1.29 is 0 Å². The number of hydrogen-bond donors (Lipinski definition) is 1. The van der Waals surface area contributed by atoms with Gasteiger partial charge in [0.2, 0.25) is 0 Å². The van der Waals surface area contributed by atoms with Gasteiger partial charge in [-0.05, 0) is 30.4 Å². The third-order valence-corrected chi connectivity index (χ3v) is 3.81. The Labute approximate surface area is 90.3 Å². The highest BCUT2D eigenvalue weighted by Crippen LogP contribution is 2.43. The van der Waals surface area contributed by atoms with Gasteiger partial charge in [0.25, 0.3) is 0 Å². The summed E-state index contributed by atoms with van der Waals surface area (Å²) in [4.78, 5) is 0. The molecule has 2 atom stereocenters. The van der Waals surface area contributed by atoms with Gasteiger partial charge in [-0.2, -0.15) is 0 Å². The van der Waals surface area contributed by atoms with Crippen molar-refractivity contribution in [3.05, 3.63) is 34.9 Å². The molecule has 2 heteroatoms. The molecule has 0 heterocycles. The first-order valence-corrected chi connectivity index (χ1v) is 5.56. The molecule has 1 aliphatic carbocycles. The van der Waals surface area contributed by atoms with Crippen LogP contribution in [0.25, 0.3) is 0 Å². The summed E-state index contributed by atoms with van der Waals surface area (Å²) in [5, 5.41) is 0.809. The lowest BCUT2D eigenvalue weighted by atomic mass is 9.82. The molecule has 1 aliphatic rings. The normalized spacial score (nSPS) is 32.1. The maximum atomic E-state index is 6.44. The Hall–Kier alpha value is -0.530. The summed E-state index contributed by atoms with van der Waals surface area (Å²) in [6, 6.07) is 7.95. The molecule has 0 bridgehead atoms. The zero-order valence-corrected chi connectivity index (χ0v) is 9.22. The second kappa shape index (κ2) is 3.56. The van der Waals surface area contributed by atoms with Crippen LogP contribution in [0, 0.1) is 5.92 Å². The number of hydrogen-bond acceptors (Lipinski definition) is 1. The van der Waals surface area contributed by atoms with Crippen molar-refractivity contribution in [2.24, 2.45) is 11.7 Å². The van der Waals surface area contributed by atoms with Gasteiger partial charge in [-0.3, -0.25) is 0 Å². The van der Waals surface area contributed by atoms with Crippen molar-refractivity contribution >= 4 is 11.6 Å². The number of rotatable bonds is 1. The summed E-state index contributed by atoms with van der Waals surface area (Å²) in [7, 11) is 0. The summed E-state index contributed by atoms with van der Waals surface area (Å²) in [6.45, 7) is 2.22. The molecule has 0 spiro atoms. The smallest absolute Gasteiger partial charge is 0.0456 e. The minimum atomic E-state index is -0.196. The fourth-order valence-electron chi connectivity index (χ4n) is 2.44. The fourth-order valence-corrected chi connectivity index (χ4v) is 2.76. The third kappa shape index (κ3) is 1.45. The Morgan fingerprint density at radius 2 is 2.14 bits per heavy atom. The predicted octanol–water partition coefficient (Wildman–Crippen LogP) is 3.31. The van der Waals surface area contributed by atoms with Crippen LogP contribution in [0.2, 0.25) is 5.02 Å². The molecule has 1 saturated carbocycles. The zero-order chi connectivity index (χ0) is 10.2. The lowest BCUT2D eigenvalue weighted by molar-refractivity contribution is 0.349. The molecule has 0 aromatic heterocycles. The van der Waals surface area contributed by atoms with Crippen LogP contribution in [0.15, 0.2) is 24.3 Å². The highest BCUT2D eigenvalue weighted by Gasteiger charge is 2.38. The molecule has 1 nitrogen and oxygen atoms in total. The standard InChI is InChI=1S/C12H16ClN/c1-9-5-4-8-12(9,14)10-6-2-3-7-11(10)13/h2-3,6-7,9H,4-5,8,14H2,1H3. The van der Waals surface area contributed by atoms with Crippen LogP contribution in [0.3, 0.4) is 0 Å². The SMILES string of the molecule is CC1CCCC1(N)c1ccccc1Cl. The van der Waals surface area contributed by atoms with E-state index in [9.17, 15) is 0 Å². The maximum Gasteiger partial charge on any atom is 0.0456 e. The molecule has 1 fully saturated rings. The highest BCUT2D eigenvalue weighted by molar-refractivity contribution is 6.31. The van der Waals surface area contributed by atoms with Crippen molar-refractivity contribution in [3.8, 4) is 0 Å². The van der Waals surface area contributed by atoms with Gasteiger partial charge >= 0.3 is 0 Å². The second-order valence-electron chi connectivity index (χ2n) is 4.31. The van der Waals surface area contributed by atoms with E-state index in [4.69, 9.17) is 17.3 Å². The van der Waals surface area contributed by atoms with E-state index in [1.807, 2.05) is 18.2 Å². The van der Waals surface area contributed by atoms with Crippen molar-refractivity contribution in [2.45, 2.75) is 31.7 Å². The van der Waals surface area contributed by atoms with Crippen LogP contribution in [0.5, 0.6) is 0 Å². The van der Waals surface area contributed by atoms with Gasteiger partial charge in [0.05, 0.1) is 0 Å². The molecule has 0 radical (unpaired) electrons. The lowest BCUT2D eigenvalue weighted by Gasteiger charge is -2.30. The van der Waals surface area contributed by atoms with Gasteiger partial charge in [-0.25, -0.2) is 0 Å². The van der Waals surface area contributed by atoms with Crippen molar-refractivity contribution in [2.75, 3.05) is 0 Å². The first-order valence-electron chi connectivity index (χ1n) is 5.18. The van der Waals surface area contributed by atoms with Gasteiger partial charge in [-0.15, -0.1) is 0 Å². The number of halogens is 1. The summed E-state index contributed by atoms with van der Waals surface area (Å²) in [5.74, 6) is 0.530. The summed E-state index contributed by atoms with van der Waals surface area (Å²) >= 11 is 6.18. The Balaban J connectivity index is 2.43. The molecule has 2 unspecified atom stereocenters. The summed E-state index contributed by atoms with van der Waals surface area (Å²) in [6.07, 6.45) is 3.47. The van der Waals surface area contributed by atoms with E-state index in [1.54, 1.807) is 0 Å². The fraction of sp³-hybridized carbons (Fsp3) is 0.500. The zero-order valence-electron chi connectivity index (χ0n) is 8.46. The second-order valence-corrected chi connectivity index (χ2v) is 4.72. The Morgan fingerprint density at radius 3 is 2.71 bits per heavy atom. The molecule has 0 saturated heterocycles. The molecule has 14 heavy (non-hydrogen) atoms. The van der Waals surface area contributed by atoms with E-state index in [0.717, 1.165) is 17.0 Å². The Kier molecular flexibility index (Phi) is 2.54. The van der Waals surface area contributed by atoms with Gasteiger partial charge in [0.1, 0.15) is 0 Å². The van der Waals surface area contributed by atoms with E-state index >= 15 is 0 Å². The van der Waals surface area contributed by atoms with Crippen LogP contribution in [0.1, 0.15) is 31.7 Å². The molecule has 2 N–H and O–H groups in total. The molecule has 1 aromatic carbocycles. The molecule has 0 amide bonds. The van der Waals surface area contributed by atoms with E-state index in [0.29, 0.717) is 5.92 Å². The first-order chi connectivity index (χ1) is 6.64. The monoisotopic (exact) mass is 209 g/mol.